The maximum atomic E-state index is 10.8. The number of sulfonamides is 1. The highest BCUT2D eigenvalue weighted by Crippen LogP contribution is 2.17. The normalized spacial score (nSPS) is 31.8. The first-order chi connectivity index (χ1) is 5.47. The number of nitrogens with two attached hydrogens (primary N) is 1. The van der Waals surface area contributed by atoms with Crippen LogP contribution in [-0.2, 0) is 10.0 Å². The molecule has 4 nitrogen and oxygen atoms in total. The van der Waals surface area contributed by atoms with Crippen molar-refractivity contribution in [2.75, 3.05) is 6.26 Å². The lowest BCUT2D eigenvalue weighted by molar-refractivity contribution is 0.374. The molecule has 0 heterocycles. The molecule has 0 unspecified atom stereocenters. The van der Waals surface area contributed by atoms with Crippen molar-refractivity contribution >= 4 is 10.0 Å². The van der Waals surface area contributed by atoms with Crippen LogP contribution in [0.1, 0.15) is 25.7 Å². The van der Waals surface area contributed by atoms with Crippen molar-refractivity contribution in [2.24, 2.45) is 5.73 Å². The Morgan fingerprint density at radius 1 is 1.25 bits per heavy atom. The summed E-state index contributed by atoms with van der Waals surface area (Å²) in [6, 6.07) is 0.377. The maximum Gasteiger partial charge on any atom is 0.208 e. The van der Waals surface area contributed by atoms with Crippen LogP contribution < -0.4 is 10.5 Å². The van der Waals surface area contributed by atoms with Crippen molar-refractivity contribution < 1.29 is 8.42 Å². The lowest BCUT2D eigenvalue weighted by atomic mass is 9.93. The molecule has 1 aliphatic rings. The van der Waals surface area contributed by atoms with Crippen molar-refractivity contribution in [3.8, 4) is 0 Å². The van der Waals surface area contributed by atoms with Crippen LogP contribution in [0.2, 0.25) is 0 Å². The third-order valence-electron chi connectivity index (χ3n) is 2.15. The highest BCUT2D eigenvalue weighted by atomic mass is 32.2. The van der Waals surface area contributed by atoms with Crippen molar-refractivity contribution in [3.05, 3.63) is 0 Å². The average molecular weight is 192 g/mol. The topological polar surface area (TPSA) is 72.2 Å². The van der Waals surface area contributed by atoms with Crippen LogP contribution in [0.15, 0.2) is 0 Å². The summed E-state index contributed by atoms with van der Waals surface area (Å²) in [4.78, 5) is 0. The van der Waals surface area contributed by atoms with Gasteiger partial charge in [0.15, 0.2) is 0 Å². The molecule has 0 bridgehead atoms. The van der Waals surface area contributed by atoms with Gasteiger partial charge < -0.3 is 5.73 Å². The van der Waals surface area contributed by atoms with Crippen molar-refractivity contribution in [1.29, 1.82) is 0 Å². The molecule has 1 aliphatic carbocycles. The minimum atomic E-state index is -3.03. The third kappa shape index (κ3) is 3.51. The summed E-state index contributed by atoms with van der Waals surface area (Å²) in [5, 5.41) is 0. The minimum Gasteiger partial charge on any atom is -0.328 e. The Hall–Kier alpha value is -0.130. The molecule has 72 valence electrons. The molecule has 1 rings (SSSR count). The highest BCUT2D eigenvalue weighted by Gasteiger charge is 2.20. The molecule has 0 aromatic heterocycles. The van der Waals surface area contributed by atoms with Gasteiger partial charge in [-0.05, 0) is 25.7 Å². The largest absolute Gasteiger partial charge is 0.328 e. The summed E-state index contributed by atoms with van der Waals surface area (Å²) in [6.07, 6.45) is 4.78. The monoisotopic (exact) mass is 192 g/mol. The Morgan fingerprint density at radius 2 is 1.75 bits per heavy atom. The predicted octanol–water partition coefficient (Wildman–Crippen LogP) is -0.195. The second-order valence-electron chi connectivity index (χ2n) is 3.50. The molecule has 12 heavy (non-hydrogen) atoms. The molecule has 0 aromatic carbocycles. The van der Waals surface area contributed by atoms with Crippen LogP contribution in [0.4, 0.5) is 0 Å². The summed E-state index contributed by atoms with van der Waals surface area (Å²) < 4.78 is 24.3. The van der Waals surface area contributed by atoms with E-state index < -0.39 is 10.0 Å². The molecule has 1 saturated carbocycles. The number of hydrogen-bond donors (Lipinski definition) is 2. The molecule has 3 N–H and O–H groups in total. The molecule has 0 saturated heterocycles. The summed E-state index contributed by atoms with van der Waals surface area (Å²) in [5.74, 6) is 0. The molecular weight excluding hydrogens is 176 g/mol. The van der Waals surface area contributed by atoms with Gasteiger partial charge in [0.2, 0.25) is 10.0 Å². The van der Waals surface area contributed by atoms with Crippen LogP contribution in [-0.4, -0.2) is 26.8 Å². The third-order valence-corrected chi connectivity index (χ3v) is 2.91. The minimum absolute atomic E-state index is 0.111. The van der Waals surface area contributed by atoms with E-state index >= 15 is 0 Å². The zero-order valence-corrected chi connectivity index (χ0v) is 8.10. The summed E-state index contributed by atoms with van der Waals surface area (Å²) >= 11 is 0. The van der Waals surface area contributed by atoms with Crippen molar-refractivity contribution in [2.45, 2.75) is 37.8 Å². The molecule has 0 aromatic rings. The van der Waals surface area contributed by atoms with Gasteiger partial charge in [-0.3, -0.25) is 0 Å². The van der Waals surface area contributed by atoms with Gasteiger partial charge >= 0.3 is 0 Å². The second kappa shape index (κ2) is 3.72. The Bertz CT molecular complexity index is 230. The van der Waals surface area contributed by atoms with Crippen LogP contribution in [0, 0.1) is 0 Å². The molecule has 0 aliphatic heterocycles. The van der Waals surface area contributed by atoms with E-state index in [0.717, 1.165) is 25.7 Å². The zero-order valence-electron chi connectivity index (χ0n) is 7.29. The first-order valence-corrected chi connectivity index (χ1v) is 6.09. The fourth-order valence-corrected chi connectivity index (χ4v) is 2.38. The lowest BCUT2D eigenvalue weighted by Crippen LogP contribution is -2.39. The van der Waals surface area contributed by atoms with E-state index in [1.54, 1.807) is 0 Å². The zero-order chi connectivity index (χ0) is 9.19. The number of hydrogen-bond acceptors (Lipinski definition) is 3. The van der Waals surface area contributed by atoms with E-state index in [1.807, 2.05) is 0 Å². The fourth-order valence-electron chi connectivity index (χ4n) is 1.54. The standard InChI is InChI=1S/C7H16N2O2S/c1-12(10,11)9-7-4-2-6(8)3-5-7/h6-7,9H,2-5,8H2,1H3/t6-,7-. The Labute approximate surface area is 73.6 Å². The number of nitrogens with one attached hydrogen (secondary N) is 1. The van der Waals surface area contributed by atoms with Crippen LogP contribution >= 0.6 is 0 Å². The van der Waals surface area contributed by atoms with E-state index in [0.29, 0.717) is 0 Å². The molecule has 0 radical (unpaired) electrons. The first-order valence-electron chi connectivity index (χ1n) is 4.20. The van der Waals surface area contributed by atoms with Gasteiger partial charge in [0, 0.05) is 12.1 Å². The van der Waals surface area contributed by atoms with Gasteiger partial charge in [-0.1, -0.05) is 0 Å². The van der Waals surface area contributed by atoms with Crippen LogP contribution in [0.25, 0.3) is 0 Å². The average Bonchev–Trinajstić information content (AvgIpc) is 1.91. The summed E-state index contributed by atoms with van der Waals surface area (Å²) in [6.45, 7) is 0. The van der Waals surface area contributed by atoms with E-state index in [2.05, 4.69) is 4.72 Å². The van der Waals surface area contributed by atoms with Crippen molar-refractivity contribution in [3.63, 3.8) is 0 Å². The summed E-state index contributed by atoms with van der Waals surface area (Å²) in [7, 11) is -3.03. The van der Waals surface area contributed by atoms with E-state index in [1.165, 1.54) is 6.26 Å². The number of rotatable bonds is 2. The molecule has 0 spiro atoms. The van der Waals surface area contributed by atoms with E-state index in [4.69, 9.17) is 5.73 Å². The maximum absolute atomic E-state index is 10.8. The highest BCUT2D eigenvalue weighted by molar-refractivity contribution is 7.88. The molecule has 0 amide bonds. The van der Waals surface area contributed by atoms with Gasteiger partial charge in [-0.25, -0.2) is 13.1 Å². The Balaban J connectivity index is 2.36. The van der Waals surface area contributed by atoms with E-state index in [9.17, 15) is 8.42 Å². The molecule has 0 atom stereocenters. The molecule has 5 heteroatoms. The fraction of sp³-hybridized carbons (Fsp3) is 1.00. The van der Waals surface area contributed by atoms with E-state index in [-0.39, 0.29) is 12.1 Å². The first kappa shape index (κ1) is 9.95. The Morgan fingerprint density at radius 3 is 2.17 bits per heavy atom. The lowest BCUT2D eigenvalue weighted by Gasteiger charge is -2.25. The molecular formula is C7H16N2O2S. The van der Waals surface area contributed by atoms with Gasteiger partial charge in [0.05, 0.1) is 6.26 Å². The van der Waals surface area contributed by atoms with Gasteiger partial charge in [0.1, 0.15) is 0 Å². The Kier molecular flexibility index (Phi) is 3.09. The van der Waals surface area contributed by atoms with Crippen LogP contribution in [0.3, 0.4) is 0 Å². The van der Waals surface area contributed by atoms with Gasteiger partial charge in [-0.2, -0.15) is 0 Å². The summed E-state index contributed by atoms with van der Waals surface area (Å²) in [5.41, 5.74) is 5.68. The molecule has 1 fully saturated rings. The predicted molar refractivity (Wildman–Crippen MR) is 48.2 cm³/mol. The SMILES string of the molecule is CS(=O)(=O)N[C@H]1CC[C@H](N)CC1. The van der Waals surface area contributed by atoms with Crippen LogP contribution in [0.5, 0.6) is 0 Å². The van der Waals surface area contributed by atoms with Gasteiger partial charge in [0.25, 0.3) is 0 Å². The van der Waals surface area contributed by atoms with Crippen molar-refractivity contribution in [1.82, 2.24) is 4.72 Å². The smallest absolute Gasteiger partial charge is 0.208 e. The van der Waals surface area contributed by atoms with Gasteiger partial charge in [-0.15, -0.1) is 0 Å². The quantitative estimate of drug-likeness (QED) is 0.636. The second-order valence-corrected chi connectivity index (χ2v) is 5.28.